The summed E-state index contributed by atoms with van der Waals surface area (Å²) in [6, 6.07) is 12.3. The number of hydrogen-bond donors (Lipinski definition) is 1. The topological polar surface area (TPSA) is 75.8 Å². The third-order valence-corrected chi connectivity index (χ3v) is 3.71. The van der Waals surface area contributed by atoms with Crippen LogP contribution in [0.3, 0.4) is 0 Å². The third kappa shape index (κ3) is 2.52. The van der Waals surface area contributed by atoms with E-state index in [1.165, 1.54) is 6.26 Å². The van der Waals surface area contributed by atoms with E-state index in [9.17, 15) is 5.26 Å². The molecule has 0 aliphatic heterocycles. The van der Waals surface area contributed by atoms with E-state index in [4.69, 9.17) is 33.4 Å². The van der Waals surface area contributed by atoms with Gasteiger partial charge in [-0.05, 0) is 36.4 Å². The minimum Gasteiger partial charge on any atom is -0.464 e. The molecule has 22 heavy (non-hydrogen) atoms. The molecule has 3 aromatic rings. The molecule has 0 aliphatic rings. The molecule has 2 heterocycles. The van der Waals surface area contributed by atoms with Crippen molar-refractivity contribution < 1.29 is 4.42 Å². The van der Waals surface area contributed by atoms with E-state index in [2.05, 4.69) is 11.1 Å². The Morgan fingerprint density at radius 3 is 2.64 bits per heavy atom. The number of nitrogens with zero attached hydrogens (tertiary/aromatic N) is 2. The second-order valence-corrected chi connectivity index (χ2v) is 5.37. The van der Waals surface area contributed by atoms with Crippen LogP contribution < -0.4 is 5.73 Å². The maximum Gasteiger partial charge on any atom is 0.142 e. The van der Waals surface area contributed by atoms with Crippen molar-refractivity contribution in [3.8, 4) is 28.7 Å². The summed E-state index contributed by atoms with van der Waals surface area (Å²) in [6.07, 6.45) is 1.53. The molecule has 0 unspecified atom stereocenters. The van der Waals surface area contributed by atoms with Crippen molar-refractivity contribution in [2.75, 3.05) is 5.73 Å². The first kappa shape index (κ1) is 14.5. The van der Waals surface area contributed by atoms with Gasteiger partial charge in [-0.2, -0.15) is 5.26 Å². The van der Waals surface area contributed by atoms with E-state index in [0.717, 1.165) is 0 Å². The van der Waals surface area contributed by atoms with E-state index in [1.807, 2.05) is 0 Å². The first-order valence-corrected chi connectivity index (χ1v) is 7.05. The Morgan fingerprint density at radius 1 is 1.14 bits per heavy atom. The molecular formula is C16H9Cl2N3O. The Hall–Kier alpha value is -2.48. The van der Waals surface area contributed by atoms with Crippen LogP contribution >= 0.6 is 23.2 Å². The predicted octanol–water partition coefficient (Wildman–Crippen LogP) is 4.77. The number of nitriles is 1. The molecule has 0 bridgehead atoms. The molecule has 0 radical (unpaired) electrons. The number of benzene rings is 1. The van der Waals surface area contributed by atoms with Crippen molar-refractivity contribution in [2.45, 2.75) is 0 Å². The quantitative estimate of drug-likeness (QED) is 0.734. The molecule has 0 amide bonds. The molecule has 0 aliphatic carbocycles. The largest absolute Gasteiger partial charge is 0.464 e. The number of nitrogen functional groups attached to an aromatic ring is 1. The number of halogens is 2. The van der Waals surface area contributed by atoms with Crippen LogP contribution in [0, 0.1) is 11.3 Å². The lowest BCUT2D eigenvalue weighted by Gasteiger charge is -2.09. The number of hydrogen-bond acceptors (Lipinski definition) is 4. The zero-order valence-corrected chi connectivity index (χ0v) is 12.7. The maximum absolute atomic E-state index is 9.30. The van der Waals surface area contributed by atoms with Crippen LogP contribution in [0.4, 0.5) is 5.82 Å². The SMILES string of the molecule is N#Cc1c(-c2ccco2)cc(-c2cc(Cl)ccc2Cl)nc1N. The zero-order valence-electron chi connectivity index (χ0n) is 11.2. The second kappa shape index (κ2) is 5.72. The predicted molar refractivity (Wildman–Crippen MR) is 86.5 cm³/mol. The van der Waals surface area contributed by atoms with Crippen LogP contribution in [0.1, 0.15) is 5.56 Å². The molecule has 3 rings (SSSR count). The van der Waals surface area contributed by atoms with E-state index < -0.39 is 0 Å². The minimum absolute atomic E-state index is 0.113. The van der Waals surface area contributed by atoms with Crippen LogP contribution in [-0.2, 0) is 0 Å². The Kier molecular flexibility index (Phi) is 3.76. The summed E-state index contributed by atoms with van der Waals surface area (Å²) in [4.78, 5) is 4.26. The number of nitrogens with two attached hydrogens (primary N) is 1. The van der Waals surface area contributed by atoms with Gasteiger partial charge in [0.05, 0.1) is 17.0 Å². The van der Waals surface area contributed by atoms with Crippen LogP contribution in [0.25, 0.3) is 22.6 Å². The highest BCUT2D eigenvalue weighted by molar-refractivity contribution is 6.35. The summed E-state index contributed by atoms with van der Waals surface area (Å²) in [5.74, 6) is 0.646. The second-order valence-electron chi connectivity index (χ2n) is 4.53. The van der Waals surface area contributed by atoms with Crippen molar-refractivity contribution in [3.63, 3.8) is 0 Å². The summed E-state index contributed by atoms with van der Waals surface area (Å²) in [5.41, 5.74) is 7.90. The molecule has 0 saturated carbocycles. The number of pyridine rings is 1. The highest BCUT2D eigenvalue weighted by Gasteiger charge is 2.16. The van der Waals surface area contributed by atoms with Crippen LogP contribution in [0.5, 0.6) is 0 Å². The normalized spacial score (nSPS) is 10.4. The molecular weight excluding hydrogens is 321 g/mol. The van der Waals surface area contributed by atoms with Crippen LogP contribution in [0.2, 0.25) is 10.0 Å². The minimum atomic E-state index is 0.113. The van der Waals surface area contributed by atoms with E-state index in [0.29, 0.717) is 32.6 Å². The third-order valence-electron chi connectivity index (χ3n) is 3.15. The molecule has 2 N–H and O–H groups in total. The number of furan rings is 1. The first-order chi connectivity index (χ1) is 10.6. The average molecular weight is 330 g/mol. The molecule has 1 aromatic carbocycles. The van der Waals surface area contributed by atoms with Crippen molar-refractivity contribution in [1.82, 2.24) is 4.98 Å². The average Bonchev–Trinajstić information content (AvgIpc) is 3.03. The Labute approximate surface area is 136 Å². The van der Waals surface area contributed by atoms with Gasteiger partial charge < -0.3 is 10.2 Å². The van der Waals surface area contributed by atoms with Gasteiger partial charge in [0.1, 0.15) is 23.2 Å². The van der Waals surface area contributed by atoms with Crippen molar-refractivity contribution in [1.29, 1.82) is 5.26 Å². The summed E-state index contributed by atoms with van der Waals surface area (Å²) in [7, 11) is 0. The van der Waals surface area contributed by atoms with Crippen molar-refractivity contribution >= 4 is 29.0 Å². The van der Waals surface area contributed by atoms with E-state index in [-0.39, 0.29) is 11.4 Å². The van der Waals surface area contributed by atoms with E-state index in [1.54, 1.807) is 36.4 Å². The van der Waals surface area contributed by atoms with Gasteiger partial charge in [0.25, 0.3) is 0 Å². The van der Waals surface area contributed by atoms with Gasteiger partial charge in [-0.15, -0.1) is 0 Å². The first-order valence-electron chi connectivity index (χ1n) is 6.30. The van der Waals surface area contributed by atoms with Gasteiger partial charge in [-0.25, -0.2) is 4.98 Å². The van der Waals surface area contributed by atoms with Gasteiger partial charge in [0.15, 0.2) is 0 Å². The molecule has 108 valence electrons. The maximum atomic E-state index is 9.30. The van der Waals surface area contributed by atoms with Crippen LogP contribution in [-0.4, -0.2) is 4.98 Å². The van der Waals surface area contributed by atoms with Crippen LogP contribution in [0.15, 0.2) is 47.1 Å². The van der Waals surface area contributed by atoms with Gasteiger partial charge in [0.2, 0.25) is 0 Å². The lowest BCUT2D eigenvalue weighted by molar-refractivity contribution is 0.582. The molecule has 6 heteroatoms. The van der Waals surface area contributed by atoms with Crippen molar-refractivity contribution in [3.05, 3.63) is 58.3 Å². The molecule has 0 fully saturated rings. The van der Waals surface area contributed by atoms with Gasteiger partial charge in [-0.3, -0.25) is 0 Å². The molecule has 4 nitrogen and oxygen atoms in total. The summed E-state index contributed by atoms with van der Waals surface area (Å²) < 4.78 is 5.37. The highest BCUT2D eigenvalue weighted by atomic mass is 35.5. The molecule has 0 saturated heterocycles. The fourth-order valence-electron chi connectivity index (χ4n) is 2.14. The number of anilines is 1. The standard InChI is InChI=1S/C16H9Cl2N3O/c17-9-3-4-13(18)11(6-9)14-7-10(15-2-1-5-22-15)12(8-19)16(20)21-14/h1-7H,(H2,20,21). The lowest BCUT2D eigenvalue weighted by Crippen LogP contribution is -1.99. The number of aromatic nitrogens is 1. The van der Waals surface area contributed by atoms with Crippen molar-refractivity contribution in [2.24, 2.45) is 0 Å². The van der Waals surface area contributed by atoms with Gasteiger partial charge in [0, 0.05) is 16.1 Å². The molecule has 0 spiro atoms. The Morgan fingerprint density at radius 2 is 1.95 bits per heavy atom. The zero-order chi connectivity index (χ0) is 15.7. The fraction of sp³-hybridized carbons (Fsp3) is 0. The summed E-state index contributed by atoms with van der Waals surface area (Å²) >= 11 is 12.2. The van der Waals surface area contributed by atoms with E-state index >= 15 is 0 Å². The van der Waals surface area contributed by atoms with Gasteiger partial charge in [-0.1, -0.05) is 23.2 Å². The summed E-state index contributed by atoms with van der Waals surface area (Å²) in [6.45, 7) is 0. The number of rotatable bonds is 2. The van der Waals surface area contributed by atoms with Gasteiger partial charge >= 0.3 is 0 Å². The fourth-order valence-corrected chi connectivity index (χ4v) is 2.53. The smallest absolute Gasteiger partial charge is 0.142 e. The Balaban J connectivity index is 2.27. The summed E-state index contributed by atoms with van der Waals surface area (Å²) in [5, 5.41) is 10.3. The monoisotopic (exact) mass is 329 g/mol. The Bertz CT molecular complexity index is 883. The molecule has 2 aromatic heterocycles. The highest BCUT2D eigenvalue weighted by Crippen LogP contribution is 2.35. The lowest BCUT2D eigenvalue weighted by atomic mass is 10.0. The molecule has 0 atom stereocenters.